The van der Waals surface area contributed by atoms with Crippen LogP contribution in [0, 0.1) is 0 Å². The first-order chi connectivity index (χ1) is 13.0. The summed E-state index contributed by atoms with van der Waals surface area (Å²) in [6.07, 6.45) is 0. The lowest BCUT2D eigenvalue weighted by atomic mass is 10.1. The summed E-state index contributed by atoms with van der Waals surface area (Å²) in [5.41, 5.74) is 1.52. The average Bonchev–Trinajstić information content (AvgIpc) is 2.65. The number of carbonyl (C=O) groups excluding carboxylic acids is 2. The number of rotatable bonds is 9. The van der Waals surface area contributed by atoms with Crippen molar-refractivity contribution in [3.05, 3.63) is 59.7 Å². The van der Waals surface area contributed by atoms with Crippen LogP contribution < -0.4 is 15.4 Å². The molecule has 2 amide bonds. The molecule has 0 unspecified atom stereocenters. The van der Waals surface area contributed by atoms with Crippen LogP contribution in [0.1, 0.15) is 41.5 Å². The van der Waals surface area contributed by atoms with Crippen LogP contribution in [0.4, 0.5) is 5.69 Å². The van der Waals surface area contributed by atoms with Crippen molar-refractivity contribution in [1.29, 1.82) is 0 Å². The Hall–Kier alpha value is -2.86. The van der Waals surface area contributed by atoms with Gasteiger partial charge in [-0.3, -0.25) is 9.59 Å². The third-order valence-corrected chi connectivity index (χ3v) is 3.60. The van der Waals surface area contributed by atoms with Gasteiger partial charge in [0.2, 0.25) is 0 Å². The number of anilines is 1. The molecule has 0 saturated heterocycles. The third kappa shape index (κ3) is 6.75. The Morgan fingerprint density at radius 2 is 1.67 bits per heavy atom. The molecule has 6 heteroatoms. The fourth-order valence-corrected chi connectivity index (χ4v) is 2.38. The monoisotopic (exact) mass is 370 g/mol. The second kappa shape index (κ2) is 10.3. The molecule has 0 fully saturated rings. The van der Waals surface area contributed by atoms with Gasteiger partial charge < -0.3 is 20.1 Å². The van der Waals surface area contributed by atoms with Gasteiger partial charge in [0.15, 0.2) is 0 Å². The Morgan fingerprint density at radius 3 is 2.37 bits per heavy atom. The van der Waals surface area contributed by atoms with Crippen LogP contribution in [0.25, 0.3) is 0 Å². The Kier molecular flexibility index (Phi) is 7.82. The van der Waals surface area contributed by atoms with Gasteiger partial charge in [0.1, 0.15) is 12.4 Å². The fourth-order valence-electron chi connectivity index (χ4n) is 2.38. The summed E-state index contributed by atoms with van der Waals surface area (Å²) in [5, 5.41) is 5.64. The van der Waals surface area contributed by atoms with E-state index in [-0.39, 0.29) is 17.9 Å². The van der Waals surface area contributed by atoms with E-state index in [2.05, 4.69) is 10.6 Å². The summed E-state index contributed by atoms with van der Waals surface area (Å²) in [4.78, 5) is 24.6. The largest absolute Gasteiger partial charge is 0.491 e. The first-order valence-corrected chi connectivity index (χ1v) is 9.02. The molecule has 0 aliphatic heterocycles. The molecule has 2 aromatic rings. The van der Waals surface area contributed by atoms with Crippen molar-refractivity contribution in [2.75, 3.05) is 25.1 Å². The standard InChI is InChI=1S/C21H26N2O4/c1-4-26-11-12-27-19-10-6-8-17(14-19)21(25)23-18-9-5-7-16(13-18)20(24)22-15(2)3/h5-10,13-15H,4,11-12H2,1-3H3,(H,22,24)(H,23,25). The lowest BCUT2D eigenvalue weighted by molar-refractivity contribution is 0.0941. The Labute approximate surface area is 159 Å². The van der Waals surface area contributed by atoms with E-state index in [0.29, 0.717) is 42.4 Å². The first-order valence-electron chi connectivity index (χ1n) is 9.02. The zero-order valence-electron chi connectivity index (χ0n) is 16.0. The molecule has 2 aromatic carbocycles. The summed E-state index contributed by atoms with van der Waals surface area (Å²) in [6, 6.07) is 13.8. The van der Waals surface area contributed by atoms with Crippen molar-refractivity contribution < 1.29 is 19.1 Å². The van der Waals surface area contributed by atoms with Crippen LogP contribution in [0.2, 0.25) is 0 Å². The maximum Gasteiger partial charge on any atom is 0.255 e. The van der Waals surface area contributed by atoms with Crippen molar-refractivity contribution in [2.45, 2.75) is 26.8 Å². The molecule has 0 radical (unpaired) electrons. The molecule has 27 heavy (non-hydrogen) atoms. The maximum absolute atomic E-state index is 12.5. The zero-order chi connectivity index (χ0) is 19.6. The number of hydrogen-bond donors (Lipinski definition) is 2. The van der Waals surface area contributed by atoms with Crippen LogP contribution in [0.3, 0.4) is 0 Å². The van der Waals surface area contributed by atoms with Crippen molar-refractivity contribution in [3.63, 3.8) is 0 Å². The number of amides is 2. The Morgan fingerprint density at radius 1 is 0.963 bits per heavy atom. The quantitative estimate of drug-likeness (QED) is 0.663. The highest BCUT2D eigenvalue weighted by atomic mass is 16.5. The van der Waals surface area contributed by atoms with E-state index >= 15 is 0 Å². The predicted molar refractivity (Wildman–Crippen MR) is 105 cm³/mol. The molecule has 0 heterocycles. The third-order valence-electron chi connectivity index (χ3n) is 3.60. The number of ether oxygens (including phenoxy) is 2. The van der Waals surface area contributed by atoms with E-state index in [4.69, 9.17) is 9.47 Å². The van der Waals surface area contributed by atoms with E-state index in [0.717, 1.165) is 0 Å². The molecule has 0 saturated carbocycles. The average molecular weight is 370 g/mol. The number of benzene rings is 2. The fraction of sp³-hybridized carbons (Fsp3) is 0.333. The summed E-state index contributed by atoms with van der Waals surface area (Å²) >= 11 is 0. The lowest BCUT2D eigenvalue weighted by Gasteiger charge is -2.11. The van der Waals surface area contributed by atoms with Gasteiger partial charge >= 0.3 is 0 Å². The predicted octanol–water partition coefficient (Wildman–Crippen LogP) is 3.49. The number of carbonyl (C=O) groups is 2. The zero-order valence-corrected chi connectivity index (χ0v) is 16.0. The highest BCUT2D eigenvalue weighted by Gasteiger charge is 2.11. The highest BCUT2D eigenvalue weighted by molar-refractivity contribution is 6.05. The van der Waals surface area contributed by atoms with Gasteiger partial charge in [-0.25, -0.2) is 0 Å². The molecular formula is C21H26N2O4. The van der Waals surface area contributed by atoms with E-state index in [1.165, 1.54) is 0 Å². The van der Waals surface area contributed by atoms with Gasteiger partial charge in [0.25, 0.3) is 11.8 Å². The second-order valence-corrected chi connectivity index (χ2v) is 6.24. The molecule has 0 aromatic heterocycles. The SMILES string of the molecule is CCOCCOc1cccc(C(=O)Nc2cccc(C(=O)NC(C)C)c2)c1. The molecular weight excluding hydrogens is 344 g/mol. The van der Waals surface area contributed by atoms with Crippen molar-refractivity contribution in [2.24, 2.45) is 0 Å². The minimum absolute atomic E-state index is 0.0428. The van der Waals surface area contributed by atoms with Gasteiger partial charge in [-0.05, 0) is 57.2 Å². The van der Waals surface area contributed by atoms with E-state index < -0.39 is 0 Å². The summed E-state index contributed by atoms with van der Waals surface area (Å²) < 4.78 is 10.8. The molecule has 0 spiro atoms. The summed E-state index contributed by atoms with van der Waals surface area (Å²) in [7, 11) is 0. The van der Waals surface area contributed by atoms with Crippen LogP contribution in [-0.4, -0.2) is 37.7 Å². The van der Waals surface area contributed by atoms with Crippen molar-refractivity contribution in [3.8, 4) is 5.75 Å². The second-order valence-electron chi connectivity index (χ2n) is 6.24. The van der Waals surface area contributed by atoms with E-state index in [9.17, 15) is 9.59 Å². The molecule has 144 valence electrons. The minimum Gasteiger partial charge on any atom is -0.491 e. The highest BCUT2D eigenvalue weighted by Crippen LogP contribution is 2.16. The topological polar surface area (TPSA) is 76.7 Å². The molecule has 0 bridgehead atoms. The molecule has 2 N–H and O–H groups in total. The number of nitrogens with one attached hydrogen (secondary N) is 2. The van der Waals surface area contributed by atoms with Gasteiger partial charge in [-0.15, -0.1) is 0 Å². The molecule has 6 nitrogen and oxygen atoms in total. The molecule has 2 rings (SSSR count). The molecule has 0 aliphatic rings. The minimum atomic E-state index is -0.272. The maximum atomic E-state index is 12.5. The normalized spacial score (nSPS) is 10.5. The van der Waals surface area contributed by atoms with Gasteiger partial charge in [-0.1, -0.05) is 12.1 Å². The van der Waals surface area contributed by atoms with Crippen LogP contribution in [0.5, 0.6) is 5.75 Å². The van der Waals surface area contributed by atoms with Gasteiger partial charge in [-0.2, -0.15) is 0 Å². The number of hydrogen-bond acceptors (Lipinski definition) is 4. The lowest BCUT2D eigenvalue weighted by Crippen LogP contribution is -2.30. The van der Waals surface area contributed by atoms with E-state index in [1.54, 1.807) is 48.5 Å². The molecule has 0 aliphatic carbocycles. The van der Waals surface area contributed by atoms with Crippen LogP contribution in [-0.2, 0) is 4.74 Å². The summed E-state index contributed by atoms with van der Waals surface area (Å²) in [6.45, 7) is 7.27. The van der Waals surface area contributed by atoms with Crippen LogP contribution >= 0.6 is 0 Å². The van der Waals surface area contributed by atoms with Crippen molar-refractivity contribution in [1.82, 2.24) is 5.32 Å². The summed E-state index contributed by atoms with van der Waals surface area (Å²) in [5.74, 6) is 0.157. The van der Waals surface area contributed by atoms with E-state index in [1.807, 2.05) is 20.8 Å². The first kappa shape index (κ1) is 20.5. The van der Waals surface area contributed by atoms with Crippen molar-refractivity contribution >= 4 is 17.5 Å². The van der Waals surface area contributed by atoms with Gasteiger partial charge in [0, 0.05) is 29.5 Å². The Balaban J connectivity index is 2.01. The smallest absolute Gasteiger partial charge is 0.255 e. The Bertz CT molecular complexity index is 774. The van der Waals surface area contributed by atoms with Crippen LogP contribution in [0.15, 0.2) is 48.5 Å². The molecule has 0 atom stereocenters. The van der Waals surface area contributed by atoms with Gasteiger partial charge in [0.05, 0.1) is 6.61 Å².